The maximum atomic E-state index is 13.9. The summed E-state index contributed by atoms with van der Waals surface area (Å²) in [5.74, 6) is -1.47. The first-order chi connectivity index (χ1) is 18.3. The number of carboxylic acids is 1. The summed E-state index contributed by atoms with van der Waals surface area (Å²) in [4.78, 5) is 49.6. The molecule has 0 bridgehead atoms. The second-order valence-electron chi connectivity index (χ2n) is 8.35. The zero-order valence-electron chi connectivity index (χ0n) is 19.7. The first kappa shape index (κ1) is 27.2. The smallest absolute Gasteiger partial charge is 0.418 e. The lowest BCUT2D eigenvalue weighted by Crippen LogP contribution is -2.38. The second kappa shape index (κ2) is 10.5. The van der Waals surface area contributed by atoms with E-state index >= 15 is 0 Å². The third-order valence-electron chi connectivity index (χ3n) is 5.64. The standard InChI is InChI=1S/C24H20F3N5O7/c25-24(26,27)15-7-16-18(32(11-19(33)34)21(36)20(35)30-16)8-17(15)31-6-5-12(10-31)9-28-23(39)29-14-3-1-13(2-4-14)22(37)38/h1-8,10,22,37-38H,9,11H2,(H,30,35)(H,33,34)(H2,28,29,39). The molecule has 15 heteroatoms. The molecule has 0 fully saturated rings. The molecular weight excluding hydrogens is 527 g/mol. The number of rotatable bonds is 7. The van der Waals surface area contributed by atoms with Crippen LogP contribution in [0.4, 0.5) is 23.7 Å². The second-order valence-corrected chi connectivity index (χ2v) is 8.35. The van der Waals surface area contributed by atoms with E-state index in [0.717, 1.165) is 10.6 Å². The van der Waals surface area contributed by atoms with Crippen molar-refractivity contribution in [2.75, 3.05) is 5.32 Å². The van der Waals surface area contributed by atoms with Gasteiger partial charge in [0.05, 0.1) is 22.3 Å². The molecule has 0 saturated heterocycles. The van der Waals surface area contributed by atoms with Crippen molar-refractivity contribution < 1.29 is 38.1 Å². The van der Waals surface area contributed by atoms with E-state index in [4.69, 9.17) is 15.3 Å². The van der Waals surface area contributed by atoms with Crippen molar-refractivity contribution in [3.8, 4) is 5.69 Å². The fourth-order valence-corrected chi connectivity index (χ4v) is 3.83. The van der Waals surface area contributed by atoms with Crippen molar-refractivity contribution in [2.24, 2.45) is 0 Å². The molecule has 2 amide bonds. The van der Waals surface area contributed by atoms with Crippen LogP contribution in [0.5, 0.6) is 0 Å². The zero-order valence-corrected chi connectivity index (χ0v) is 19.7. The van der Waals surface area contributed by atoms with Gasteiger partial charge in [-0.05, 0) is 35.9 Å². The summed E-state index contributed by atoms with van der Waals surface area (Å²) < 4.78 is 43.5. The lowest BCUT2D eigenvalue weighted by molar-refractivity contribution is -0.138. The Labute approximate surface area is 215 Å². The van der Waals surface area contributed by atoms with Gasteiger partial charge in [-0.15, -0.1) is 0 Å². The summed E-state index contributed by atoms with van der Waals surface area (Å²) in [5, 5.41) is 32.4. The molecule has 0 spiro atoms. The van der Waals surface area contributed by atoms with E-state index in [1.807, 2.05) is 0 Å². The third-order valence-corrected chi connectivity index (χ3v) is 5.64. The van der Waals surface area contributed by atoms with Crippen LogP contribution in [0, 0.1) is 0 Å². The molecule has 6 N–H and O–H groups in total. The van der Waals surface area contributed by atoms with Gasteiger partial charge in [0, 0.05) is 30.2 Å². The van der Waals surface area contributed by atoms with Gasteiger partial charge in [0.2, 0.25) is 0 Å². The number of halogens is 3. The number of aliphatic carboxylic acids is 1. The van der Waals surface area contributed by atoms with Crippen LogP contribution in [0.2, 0.25) is 0 Å². The van der Waals surface area contributed by atoms with Crippen molar-refractivity contribution in [3.05, 3.63) is 92.3 Å². The summed E-state index contributed by atoms with van der Waals surface area (Å²) in [6.07, 6.45) is -3.95. The van der Waals surface area contributed by atoms with E-state index < -0.39 is 53.4 Å². The Hall–Kier alpha value is -4.89. The molecule has 39 heavy (non-hydrogen) atoms. The zero-order chi connectivity index (χ0) is 28.5. The van der Waals surface area contributed by atoms with E-state index in [1.165, 1.54) is 42.7 Å². The van der Waals surface area contributed by atoms with Crippen LogP contribution in [0.15, 0.2) is 64.4 Å². The number of carboxylic acid groups (broad SMARTS) is 1. The van der Waals surface area contributed by atoms with Gasteiger partial charge < -0.3 is 35.5 Å². The topological polar surface area (TPSA) is 179 Å². The molecule has 4 aromatic rings. The van der Waals surface area contributed by atoms with Gasteiger partial charge in [-0.2, -0.15) is 13.2 Å². The van der Waals surface area contributed by atoms with Crippen molar-refractivity contribution in [3.63, 3.8) is 0 Å². The fourth-order valence-electron chi connectivity index (χ4n) is 3.83. The number of carbonyl (C=O) groups excluding carboxylic acids is 1. The van der Waals surface area contributed by atoms with Crippen molar-refractivity contribution in [1.82, 2.24) is 19.4 Å². The number of hydrogen-bond donors (Lipinski definition) is 6. The largest absolute Gasteiger partial charge is 0.480 e. The highest BCUT2D eigenvalue weighted by Crippen LogP contribution is 2.36. The lowest BCUT2D eigenvalue weighted by atomic mass is 10.1. The van der Waals surface area contributed by atoms with Crippen LogP contribution in [0.3, 0.4) is 0 Å². The normalized spacial score (nSPS) is 11.6. The number of fused-ring (bicyclic) bond motifs is 1. The summed E-state index contributed by atoms with van der Waals surface area (Å²) in [6, 6.07) is 8.07. The van der Waals surface area contributed by atoms with Crippen molar-refractivity contribution in [2.45, 2.75) is 25.6 Å². The van der Waals surface area contributed by atoms with Gasteiger partial charge >= 0.3 is 29.3 Å². The maximum Gasteiger partial charge on any atom is 0.418 e. The number of aliphatic hydroxyl groups excluding tert-OH is 1. The number of aromatic amines is 1. The molecule has 0 aliphatic carbocycles. The number of carbonyl (C=O) groups is 2. The van der Waals surface area contributed by atoms with E-state index in [1.54, 1.807) is 0 Å². The van der Waals surface area contributed by atoms with Crippen molar-refractivity contribution >= 4 is 28.7 Å². The molecule has 2 aromatic carbocycles. The highest BCUT2D eigenvalue weighted by atomic mass is 19.4. The number of anilines is 1. The van der Waals surface area contributed by atoms with Gasteiger partial charge in [-0.3, -0.25) is 19.0 Å². The molecule has 4 rings (SSSR count). The minimum absolute atomic E-state index is 0.0851. The molecule has 0 atom stereocenters. The highest BCUT2D eigenvalue weighted by molar-refractivity contribution is 5.89. The number of hydrogen-bond acceptors (Lipinski definition) is 6. The maximum absolute atomic E-state index is 13.9. The van der Waals surface area contributed by atoms with Crippen LogP contribution in [0.1, 0.15) is 23.0 Å². The van der Waals surface area contributed by atoms with Gasteiger partial charge in [0.25, 0.3) is 0 Å². The van der Waals surface area contributed by atoms with E-state index in [9.17, 15) is 32.3 Å². The number of H-pyrrole nitrogens is 1. The molecule has 204 valence electrons. The van der Waals surface area contributed by atoms with E-state index in [0.29, 0.717) is 21.9 Å². The molecule has 12 nitrogen and oxygen atoms in total. The van der Waals surface area contributed by atoms with E-state index in [2.05, 4.69) is 15.6 Å². The number of nitrogens with zero attached hydrogens (tertiary/aromatic N) is 2. The molecule has 0 aliphatic rings. The average Bonchev–Trinajstić information content (AvgIpc) is 3.33. The first-order valence-electron chi connectivity index (χ1n) is 11.1. The van der Waals surface area contributed by atoms with E-state index in [-0.39, 0.29) is 23.1 Å². The third kappa shape index (κ3) is 6.00. The Bertz CT molecular complexity index is 1670. The lowest BCUT2D eigenvalue weighted by Gasteiger charge is -2.17. The van der Waals surface area contributed by atoms with Gasteiger partial charge in [0.15, 0.2) is 6.29 Å². The molecule has 0 saturated carbocycles. The van der Waals surface area contributed by atoms with Crippen LogP contribution < -0.4 is 21.8 Å². The quantitative estimate of drug-likeness (QED) is 0.151. The highest BCUT2D eigenvalue weighted by Gasteiger charge is 2.35. The Morgan fingerprint density at radius 2 is 1.74 bits per heavy atom. The Morgan fingerprint density at radius 3 is 2.36 bits per heavy atom. The number of benzene rings is 2. The summed E-state index contributed by atoms with van der Waals surface area (Å²) in [5.41, 5.74) is -3.71. The Morgan fingerprint density at radius 1 is 1.05 bits per heavy atom. The minimum atomic E-state index is -4.88. The number of aromatic nitrogens is 3. The van der Waals surface area contributed by atoms with Gasteiger partial charge in [0.1, 0.15) is 6.54 Å². The minimum Gasteiger partial charge on any atom is -0.480 e. The monoisotopic (exact) mass is 547 g/mol. The number of amides is 2. The Balaban J connectivity index is 1.62. The molecule has 2 aromatic heterocycles. The number of aliphatic hydroxyl groups is 2. The van der Waals surface area contributed by atoms with Gasteiger partial charge in [-0.25, -0.2) is 4.79 Å². The number of nitrogens with one attached hydrogen (secondary N) is 3. The van der Waals surface area contributed by atoms with Gasteiger partial charge in [-0.1, -0.05) is 12.1 Å². The van der Waals surface area contributed by atoms with Crippen LogP contribution >= 0.6 is 0 Å². The molecule has 0 radical (unpaired) electrons. The number of urea groups is 1. The SMILES string of the molecule is O=C(O)Cn1c(=O)c(=O)[nH]c2cc(C(F)(F)F)c(-n3ccc(CNC(=O)Nc4ccc(C(O)O)cc4)c3)cc21. The van der Waals surface area contributed by atoms with Crippen LogP contribution in [0.25, 0.3) is 16.7 Å². The fraction of sp³-hybridized carbons (Fsp3) is 0.167. The average molecular weight is 547 g/mol. The predicted molar refractivity (Wildman–Crippen MR) is 130 cm³/mol. The van der Waals surface area contributed by atoms with Crippen LogP contribution in [-0.2, 0) is 24.1 Å². The predicted octanol–water partition coefficient (Wildman–Crippen LogP) is 1.89. The summed E-state index contributed by atoms with van der Waals surface area (Å²) in [6.45, 7) is -1.03. The van der Waals surface area contributed by atoms with Crippen molar-refractivity contribution in [1.29, 1.82) is 0 Å². The molecule has 2 heterocycles. The summed E-state index contributed by atoms with van der Waals surface area (Å²) in [7, 11) is 0. The number of alkyl halides is 3. The molecule has 0 unspecified atom stereocenters. The molecule has 0 aliphatic heterocycles. The Kier molecular flexibility index (Phi) is 7.29. The summed E-state index contributed by atoms with van der Waals surface area (Å²) >= 11 is 0. The van der Waals surface area contributed by atoms with Crippen LogP contribution in [-0.4, -0.2) is 41.4 Å². The first-order valence-corrected chi connectivity index (χ1v) is 11.1. The molecular formula is C24H20F3N5O7.